The second kappa shape index (κ2) is 3.81. The zero-order valence-corrected chi connectivity index (χ0v) is 9.39. The minimum atomic E-state index is 0.646. The first-order valence-corrected chi connectivity index (χ1v) is 6.08. The molecule has 3 heteroatoms. The van der Waals surface area contributed by atoms with Crippen LogP contribution >= 0.6 is 0 Å². The molecule has 2 N–H and O–H groups in total. The highest BCUT2D eigenvalue weighted by atomic mass is 15.1. The van der Waals surface area contributed by atoms with E-state index < -0.39 is 0 Å². The maximum Gasteiger partial charge on any atom is 0.138 e. The van der Waals surface area contributed by atoms with Gasteiger partial charge in [-0.2, -0.15) is 0 Å². The average Bonchev–Trinajstić information content (AvgIpc) is 2.76. The molecule has 2 aromatic heterocycles. The predicted octanol–water partition coefficient (Wildman–Crippen LogP) is 2.96. The summed E-state index contributed by atoms with van der Waals surface area (Å²) in [5.41, 5.74) is 8.11. The monoisotopic (exact) mass is 215 g/mol. The number of anilines is 1. The number of pyridine rings is 1. The molecule has 0 saturated heterocycles. The second-order valence-electron chi connectivity index (χ2n) is 4.68. The second-order valence-corrected chi connectivity index (χ2v) is 4.68. The molecule has 0 aromatic carbocycles. The third kappa shape index (κ3) is 1.56. The van der Waals surface area contributed by atoms with Crippen molar-refractivity contribution in [3.8, 4) is 0 Å². The maximum atomic E-state index is 5.92. The van der Waals surface area contributed by atoms with Crippen LogP contribution in [0.3, 0.4) is 0 Å². The molecule has 0 atom stereocenters. The number of nitrogens with zero attached hydrogens (tertiary/aromatic N) is 2. The molecule has 0 radical (unpaired) electrons. The highest BCUT2D eigenvalue weighted by Crippen LogP contribution is 2.32. The Morgan fingerprint density at radius 1 is 1.19 bits per heavy atom. The number of imidazole rings is 1. The first kappa shape index (κ1) is 9.70. The Morgan fingerprint density at radius 3 is 2.75 bits per heavy atom. The van der Waals surface area contributed by atoms with Crippen molar-refractivity contribution < 1.29 is 0 Å². The normalized spacial score (nSPS) is 18.0. The molecule has 2 aromatic rings. The van der Waals surface area contributed by atoms with Gasteiger partial charge in [-0.15, -0.1) is 0 Å². The van der Waals surface area contributed by atoms with Crippen LogP contribution in [-0.4, -0.2) is 9.38 Å². The molecule has 2 heterocycles. The molecule has 0 spiro atoms. The van der Waals surface area contributed by atoms with Crippen molar-refractivity contribution in [1.29, 1.82) is 0 Å². The molecule has 16 heavy (non-hydrogen) atoms. The Kier molecular flexibility index (Phi) is 2.31. The van der Waals surface area contributed by atoms with E-state index in [9.17, 15) is 0 Å². The number of hydrogen-bond acceptors (Lipinski definition) is 2. The maximum absolute atomic E-state index is 5.92. The van der Waals surface area contributed by atoms with Crippen molar-refractivity contribution in [2.75, 3.05) is 5.73 Å². The fourth-order valence-electron chi connectivity index (χ4n) is 2.65. The van der Waals surface area contributed by atoms with Crippen LogP contribution in [0.2, 0.25) is 0 Å². The molecule has 0 unspecified atom stereocenters. The molecule has 0 bridgehead atoms. The number of aromatic nitrogens is 2. The van der Waals surface area contributed by atoms with Crippen LogP contribution < -0.4 is 5.73 Å². The van der Waals surface area contributed by atoms with E-state index in [2.05, 4.69) is 11.2 Å². The van der Waals surface area contributed by atoms with Crippen LogP contribution in [0.1, 0.15) is 43.7 Å². The van der Waals surface area contributed by atoms with E-state index in [1.165, 1.54) is 37.8 Å². The van der Waals surface area contributed by atoms with E-state index in [0.717, 1.165) is 11.5 Å². The minimum Gasteiger partial charge on any atom is -0.385 e. The molecule has 3 nitrogen and oxygen atoms in total. The fraction of sp³-hybridized carbons (Fsp3) is 0.462. The van der Waals surface area contributed by atoms with Crippen LogP contribution in [0.15, 0.2) is 24.4 Å². The summed E-state index contributed by atoms with van der Waals surface area (Å²) in [6.07, 6.45) is 8.74. The van der Waals surface area contributed by atoms with Crippen molar-refractivity contribution in [1.82, 2.24) is 9.38 Å². The molecule has 1 aliphatic carbocycles. The lowest BCUT2D eigenvalue weighted by atomic mass is 9.87. The molecule has 1 fully saturated rings. The zero-order valence-electron chi connectivity index (χ0n) is 9.39. The summed E-state index contributed by atoms with van der Waals surface area (Å²) in [4.78, 5) is 4.68. The van der Waals surface area contributed by atoms with Crippen LogP contribution in [0.25, 0.3) is 5.65 Å². The van der Waals surface area contributed by atoms with Gasteiger partial charge in [0.1, 0.15) is 11.5 Å². The van der Waals surface area contributed by atoms with Crippen molar-refractivity contribution in [2.45, 2.75) is 38.0 Å². The van der Waals surface area contributed by atoms with Gasteiger partial charge in [-0.1, -0.05) is 25.3 Å². The summed E-state index contributed by atoms with van der Waals surface area (Å²) in [5, 5.41) is 0. The van der Waals surface area contributed by atoms with Gasteiger partial charge >= 0.3 is 0 Å². The largest absolute Gasteiger partial charge is 0.385 e. The zero-order chi connectivity index (χ0) is 11.0. The predicted molar refractivity (Wildman–Crippen MR) is 65.4 cm³/mol. The number of hydrogen-bond donors (Lipinski definition) is 1. The van der Waals surface area contributed by atoms with Gasteiger partial charge in [0, 0.05) is 12.1 Å². The van der Waals surface area contributed by atoms with Crippen LogP contribution in [0.4, 0.5) is 5.82 Å². The SMILES string of the molecule is Nc1cccc2nc(C3CCCCC3)cn12. The third-order valence-corrected chi connectivity index (χ3v) is 3.57. The van der Waals surface area contributed by atoms with Crippen molar-refractivity contribution >= 4 is 11.5 Å². The summed E-state index contributed by atoms with van der Waals surface area (Å²) in [5.74, 6) is 1.42. The summed E-state index contributed by atoms with van der Waals surface area (Å²) in [6.45, 7) is 0. The summed E-state index contributed by atoms with van der Waals surface area (Å²) in [7, 11) is 0. The highest BCUT2D eigenvalue weighted by Gasteiger charge is 2.18. The molecule has 1 aliphatic rings. The van der Waals surface area contributed by atoms with Gasteiger partial charge in [-0.05, 0) is 25.0 Å². The van der Waals surface area contributed by atoms with Gasteiger partial charge in [0.25, 0.3) is 0 Å². The molecule has 1 saturated carbocycles. The van der Waals surface area contributed by atoms with Crippen molar-refractivity contribution in [3.05, 3.63) is 30.1 Å². The van der Waals surface area contributed by atoms with Gasteiger partial charge in [-0.25, -0.2) is 4.98 Å². The molecule has 3 rings (SSSR count). The van der Waals surface area contributed by atoms with Gasteiger partial charge < -0.3 is 5.73 Å². The van der Waals surface area contributed by atoms with E-state index in [1.54, 1.807) is 0 Å². The molecule has 0 aliphatic heterocycles. The van der Waals surface area contributed by atoms with Crippen LogP contribution in [-0.2, 0) is 0 Å². The molecular formula is C13H17N3. The molecule has 0 amide bonds. The quantitative estimate of drug-likeness (QED) is 0.794. The Labute approximate surface area is 95.3 Å². The summed E-state index contributed by atoms with van der Waals surface area (Å²) >= 11 is 0. The van der Waals surface area contributed by atoms with Crippen LogP contribution in [0, 0.1) is 0 Å². The standard InChI is InChI=1S/C13H17N3/c14-12-7-4-8-13-15-11(9-16(12)13)10-5-2-1-3-6-10/h4,7-10H,1-3,5-6,14H2. The van der Waals surface area contributed by atoms with E-state index in [4.69, 9.17) is 5.73 Å². The first-order valence-electron chi connectivity index (χ1n) is 6.08. The number of fused-ring (bicyclic) bond motifs is 1. The Morgan fingerprint density at radius 2 is 2.00 bits per heavy atom. The Hall–Kier alpha value is -1.51. The van der Waals surface area contributed by atoms with E-state index in [1.807, 2.05) is 22.6 Å². The molecular weight excluding hydrogens is 198 g/mol. The van der Waals surface area contributed by atoms with Gasteiger partial charge in [0.05, 0.1) is 5.69 Å². The average molecular weight is 215 g/mol. The fourth-order valence-corrected chi connectivity index (χ4v) is 2.65. The van der Waals surface area contributed by atoms with Gasteiger partial charge in [0.2, 0.25) is 0 Å². The van der Waals surface area contributed by atoms with E-state index in [0.29, 0.717) is 5.92 Å². The number of nitrogens with two attached hydrogens (primary N) is 1. The lowest BCUT2D eigenvalue weighted by molar-refractivity contribution is 0.438. The number of rotatable bonds is 1. The summed E-state index contributed by atoms with van der Waals surface area (Å²) in [6, 6.07) is 5.89. The van der Waals surface area contributed by atoms with Gasteiger partial charge in [0.15, 0.2) is 0 Å². The number of nitrogen functional groups attached to an aromatic ring is 1. The van der Waals surface area contributed by atoms with Crippen molar-refractivity contribution in [2.24, 2.45) is 0 Å². The smallest absolute Gasteiger partial charge is 0.138 e. The lowest BCUT2D eigenvalue weighted by Gasteiger charge is -2.19. The van der Waals surface area contributed by atoms with E-state index in [-0.39, 0.29) is 0 Å². The summed E-state index contributed by atoms with van der Waals surface area (Å²) < 4.78 is 1.99. The lowest BCUT2D eigenvalue weighted by Crippen LogP contribution is -2.04. The van der Waals surface area contributed by atoms with Gasteiger partial charge in [-0.3, -0.25) is 4.40 Å². The third-order valence-electron chi connectivity index (χ3n) is 3.57. The van der Waals surface area contributed by atoms with Crippen LogP contribution in [0.5, 0.6) is 0 Å². The first-order chi connectivity index (χ1) is 7.84. The van der Waals surface area contributed by atoms with Crippen molar-refractivity contribution in [3.63, 3.8) is 0 Å². The minimum absolute atomic E-state index is 0.646. The highest BCUT2D eigenvalue weighted by molar-refractivity contribution is 5.49. The Bertz CT molecular complexity index is 495. The Balaban J connectivity index is 2.01. The molecule has 84 valence electrons. The topological polar surface area (TPSA) is 43.3 Å². The van der Waals surface area contributed by atoms with E-state index >= 15 is 0 Å².